The number of carbonyl (C=O) groups excluding carboxylic acids is 1. The fourth-order valence-corrected chi connectivity index (χ4v) is 1.20. The van der Waals surface area contributed by atoms with E-state index in [2.05, 4.69) is 29.6 Å². The summed E-state index contributed by atoms with van der Waals surface area (Å²) in [7, 11) is 1.88. The number of hydrogen-bond acceptors (Lipinski definition) is 5. The molecule has 0 saturated carbocycles. The number of aromatic nitrogens is 1. The normalized spacial score (nSPS) is 11.5. The summed E-state index contributed by atoms with van der Waals surface area (Å²) in [6.07, 6.45) is 0.806. The summed E-state index contributed by atoms with van der Waals surface area (Å²) < 4.78 is 4.73. The Morgan fingerprint density at radius 1 is 1.59 bits per heavy atom. The SMILES string of the molecule is CNC(C)(C)CCNC(=O)c1cc(CO)on1. The van der Waals surface area contributed by atoms with E-state index in [1.54, 1.807) is 0 Å². The van der Waals surface area contributed by atoms with Crippen molar-refractivity contribution < 1.29 is 14.4 Å². The third-order valence-electron chi connectivity index (χ3n) is 2.66. The first kappa shape index (κ1) is 13.7. The van der Waals surface area contributed by atoms with Gasteiger partial charge >= 0.3 is 0 Å². The summed E-state index contributed by atoms with van der Waals surface area (Å²) in [5, 5.41) is 18.2. The Hall–Kier alpha value is -1.40. The molecule has 17 heavy (non-hydrogen) atoms. The second-order valence-corrected chi connectivity index (χ2v) is 4.48. The molecule has 0 radical (unpaired) electrons. The maximum absolute atomic E-state index is 11.6. The fourth-order valence-electron chi connectivity index (χ4n) is 1.20. The quantitative estimate of drug-likeness (QED) is 0.666. The number of carbonyl (C=O) groups is 1. The minimum atomic E-state index is -0.291. The minimum Gasteiger partial charge on any atom is -0.388 e. The molecule has 3 N–H and O–H groups in total. The topological polar surface area (TPSA) is 87.4 Å². The van der Waals surface area contributed by atoms with Crippen LogP contribution in [0, 0.1) is 0 Å². The Morgan fingerprint density at radius 3 is 2.82 bits per heavy atom. The van der Waals surface area contributed by atoms with E-state index < -0.39 is 0 Å². The van der Waals surface area contributed by atoms with Gasteiger partial charge in [-0.1, -0.05) is 5.16 Å². The number of aliphatic hydroxyl groups excluding tert-OH is 1. The van der Waals surface area contributed by atoms with Crippen molar-refractivity contribution in [3.63, 3.8) is 0 Å². The van der Waals surface area contributed by atoms with E-state index >= 15 is 0 Å². The zero-order chi connectivity index (χ0) is 12.9. The van der Waals surface area contributed by atoms with Crippen LogP contribution in [0.25, 0.3) is 0 Å². The van der Waals surface area contributed by atoms with Gasteiger partial charge in [0.2, 0.25) is 0 Å². The number of nitrogens with one attached hydrogen (secondary N) is 2. The van der Waals surface area contributed by atoms with Crippen molar-refractivity contribution in [2.45, 2.75) is 32.4 Å². The standard InChI is InChI=1S/C11H19N3O3/c1-11(2,12-3)4-5-13-10(16)9-6-8(7-15)17-14-9/h6,12,15H,4-5,7H2,1-3H3,(H,13,16). The molecule has 1 amide bonds. The first-order valence-corrected chi connectivity index (χ1v) is 5.52. The Balaban J connectivity index is 2.40. The van der Waals surface area contributed by atoms with Crippen molar-refractivity contribution >= 4 is 5.91 Å². The van der Waals surface area contributed by atoms with Gasteiger partial charge in [-0.25, -0.2) is 0 Å². The molecule has 0 aromatic carbocycles. The monoisotopic (exact) mass is 241 g/mol. The van der Waals surface area contributed by atoms with Crippen LogP contribution in [0.4, 0.5) is 0 Å². The van der Waals surface area contributed by atoms with Crippen molar-refractivity contribution in [2.24, 2.45) is 0 Å². The predicted octanol–water partition coefficient (Wildman–Crippen LogP) is 0.285. The smallest absolute Gasteiger partial charge is 0.273 e. The lowest BCUT2D eigenvalue weighted by molar-refractivity contribution is 0.0941. The molecule has 6 nitrogen and oxygen atoms in total. The van der Waals surface area contributed by atoms with Gasteiger partial charge < -0.3 is 20.3 Å². The van der Waals surface area contributed by atoms with Gasteiger partial charge in [0.25, 0.3) is 5.91 Å². The number of amides is 1. The van der Waals surface area contributed by atoms with Gasteiger partial charge in [0.15, 0.2) is 11.5 Å². The summed E-state index contributed by atoms with van der Waals surface area (Å²) in [6.45, 7) is 4.40. The molecule has 0 bridgehead atoms. The largest absolute Gasteiger partial charge is 0.388 e. The van der Waals surface area contributed by atoms with Crippen LogP contribution in [0.1, 0.15) is 36.5 Å². The maximum atomic E-state index is 11.6. The van der Waals surface area contributed by atoms with E-state index in [1.165, 1.54) is 6.07 Å². The molecule has 1 heterocycles. The highest BCUT2D eigenvalue weighted by Crippen LogP contribution is 2.06. The molecule has 0 saturated heterocycles. The van der Waals surface area contributed by atoms with Gasteiger partial charge in [0.05, 0.1) is 0 Å². The lowest BCUT2D eigenvalue weighted by Gasteiger charge is -2.23. The molecule has 0 aliphatic rings. The molecule has 0 aliphatic carbocycles. The average Bonchev–Trinajstić information content (AvgIpc) is 2.77. The van der Waals surface area contributed by atoms with Gasteiger partial charge in [0.1, 0.15) is 6.61 Å². The Morgan fingerprint density at radius 2 is 2.29 bits per heavy atom. The van der Waals surface area contributed by atoms with E-state index in [0.29, 0.717) is 6.54 Å². The van der Waals surface area contributed by atoms with Gasteiger partial charge in [0, 0.05) is 18.2 Å². The zero-order valence-electron chi connectivity index (χ0n) is 10.4. The molecule has 0 unspecified atom stereocenters. The van der Waals surface area contributed by atoms with Crippen LogP contribution < -0.4 is 10.6 Å². The van der Waals surface area contributed by atoms with Crippen molar-refractivity contribution in [1.29, 1.82) is 0 Å². The second kappa shape index (κ2) is 5.79. The lowest BCUT2D eigenvalue weighted by Crippen LogP contribution is -2.40. The van der Waals surface area contributed by atoms with E-state index in [0.717, 1.165) is 6.42 Å². The molecular formula is C11H19N3O3. The molecule has 0 spiro atoms. The van der Waals surface area contributed by atoms with Crippen LogP contribution in [0.5, 0.6) is 0 Å². The minimum absolute atomic E-state index is 0.0205. The predicted molar refractivity (Wildman–Crippen MR) is 62.5 cm³/mol. The summed E-state index contributed by atoms with van der Waals surface area (Å²) in [5.74, 6) is -0.00828. The molecule has 0 atom stereocenters. The third kappa shape index (κ3) is 4.16. The average molecular weight is 241 g/mol. The van der Waals surface area contributed by atoms with Crippen LogP contribution >= 0.6 is 0 Å². The van der Waals surface area contributed by atoms with E-state index in [9.17, 15) is 4.79 Å². The van der Waals surface area contributed by atoms with E-state index in [4.69, 9.17) is 9.63 Å². The molecule has 96 valence electrons. The maximum Gasteiger partial charge on any atom is 0.273 e. The Labute approximate surface area is 100 Å². The van der Waals surface area contributed by atoms with Gasteiger partial charge in [-0.2, -0.15) is 0 Å². The number of rotatable bonds is 6. The molecule has 1 aromatic rings. The highest BCUT2D eigenvalue weighted by atomic mass is 16.5. The summed E-state index contributed by atoms with van der Waals surface area (Å²) in [6, 6.07) is 1.43. The highest BCUT2D eigenvalue weighted by molar-refractivity contribution is 5.92. The first-order chi connectivity index (χ1) is 7.98. The molecule has 6 heteroatoms. The summed E-state index contributed by atoms with van der Waals surface area (Å²) >= 11 is 0. The molecular weight excluding hydrogens is 222 g/mol. The summed E-state index contributed by atoms with van der Waals surface area (Å²) in [5.41, 5.74) is 0.171. The van der Waals surface area contributed by atoms with Crippen LogP contribution in [-0.2, 0) is 6.61 Å². The van der Waals surface area contributed by atoms with Crippen LogP contribution in [0.3, 0.4) is 0 Å². The lowest BCUT2D eigenvalue weighted by atomic mass is 10.0. The van der Waals surface area contributed by atoms with E-state index in [-0.39, 0.29) is 29.5 Å². The van der Waals surface area contributed by atoms with Crippen LogP contribution in [0.2, 0.25) is 0 Å². The van der Waals surface area contributed by atoms with Crippen molar-refractivity contribution in [3.8, 4) is 0 Å². The number of nitrogens with zero attached hydrogens (tertiary/aromatic N) is 1. The van der Waals surface area contributed by atoms with Gasteiger partial charge in [-0.05, 0) is 27.3 Å². The first-order valence-electron chi connectivity index (χ1n) is 5.52. The fraction of sp³-hybridized carbons (Fsp3) is 0.636. The highest BCUT2D eigenvalue weighted by Gasteiger charge is 2.16. The molecule has 1 rings (SSSR count). The molecule has 0 fully saturated rings. The van der Waals surface area contributed by atoms with Gasteiger partial charge in [-0.15, -0.1) is 0 Å². The van der Waals surface area contributed by atoms with Crippen molar-refractivity contribution in [3.05, 3.63) is 17.5 Å². The Bertz CT molecular complexity index is 374. The van der Waals surface area contributed by atoms with E-state index in [1.807, 2.05) is 7.05 Å². The molecule has 0 aliphatic heterocycles. The number of aliphatic hydroxyl groups is 1. The van der Waals surface area contributed by atoms with Gasteiger partial charge in [-0.3, -0.25) is 4.79 Å². The zero-order valence-corrected chi connectivity index (χ0v) is 10.4. The second-order valence-electron chi connectivity index (χ2n) is 4.48. The third-order valence-corrected chi connectivity index (χ3v) is 2.66. The van der Waals surface area contributed by atoms with Crippen LogP contribution in [-0.4, -0.2) is 35.3 Å². The Kier molecular flexibility index (Phi) is 4.65. The summed E-state index contributed by atoms with van der Waals surface area (Å²) in [4.78, 5) is 11.6. The van der Waals surface area contributed by atoms with Crippen molar-refractivity contribution in [2.75, 3.05) is 13.6 Å². The van der Waals surface area contributed by atoms with Crippen molar-refractivity contribution in [1.82, 2.24) is 15.8 Å². The van der Waals surface area contributed by atoms with Crippen LogP contribution in [0.15, 0.2) is 10.6 Å². The number of hydrogen-bond donors (Lipinski definition) is 3. The molecule has 1 aromatic heterocycles.